The standard InChI is InChI=1S/C6H10F2O4/c1-11-5(12-2)6(7,8)3-4(9)10/h5H,3H2,1-2H3,(H,9,10). The number of hydrogen-bond donors (Lipinski definition) is 1. The molecule has 0 spiro atoms. The van der Waals surface area contributed by atoms with E-state index in [1.54, 1.807) is 0 Å². The lowest BCUT2D eigenvalue weighted by molar-refractivity contribution is -0.239. The number of ether oxygens (including phenoxy) is 2. The third kappa shape index (κ3) is 3.10. The van der Waals surface area contributed by atoms with Gasteiger partial charge in [-0.3, -0.25) is 4.79 Å². The molecule has 12 heavy (non-hydrogen) atoms. The van der Waals surface area contributed by atoms with E-state index in [9.17, 15) is 13.6 Å². The van der Waals surface area contributed by atoms with Crippen molar-refractivity contribution in [2.45, 2.75) is 18.6 Å². The van der Waals surface area contributed by atoms with Crippen LogP contribution in [0.4, 0.5) is 8.78 Å². The van der Waals surface area contributed by atoms with Crippen LogP contribution in [0.25, 0.3) is 0 Å². The van der Waals surface area contributed by atoms with Crippen molar-refractivity contribution in [2.24, 2.45) is 0 Å². The molecular formula is C6H10F2O4. The molecule has 4 nitrogen and oxygen atoms in total. The van der Waals surface area contributed by atoms with Gasteiger partial charge in [0.05, 0.1) is 0 Å². The van der Waals surface area contributed by atoms with Gasteiger partial charge in [-0.15, -0.1) is 0 Å². The molecule has 0 saturated carbocycles. The predicted octanol–water partition coefficient (Wildman–Crippen LogP) is 0.715. The van der Waals surface area contributed by atoms with Crippen molar-refractivity contribution in [2.75, 3.05) is 14.2 Å². The molecular weight excluding hydrogens is 174 g/mol. The Morgan fingerprint density at radius 3 is 2.17 bits per heavy atom. The number of carboxylic acids is 1. The summed E-state index contributed by atoms with van der Waals surface area (Å²) in [7, 11) is 2.04. The Balaban J connectivity index is 4.24. The quantitative estimate of drug-likeness (QED) is 0.639. The number of carbonyl (C=O) groups is 1. The maximum absolute atomic E-state index is 12.7. The number of aliphatic carboxylic acids is 1. The van der Waals surface area contributed by atoms with Gasteiger partial charge in [-0.25, -0.2) is 8.78 Å². The summed E-state index contributed by atoms with van der Waals surface area (Å²) in [4.78, 5) is 9.96. The second-order valence-corrected chi connectivity index (χ2v) is 2.13. The van der Waals surface area contributed by atoms with Crippen LogP contribution in [-0.2, 0) is 14.3 Å². The minimum Gasteiger partial charge on any atom is -0.481 e. The smallest absolute Gasteiger partial charge is 0.309 e. The van der Waals surface area contributed by atoms with E-state index in [2.05, 4.69) is 9.47 Å². The summed E-state index contributed by atoms with van der Waals surface area (Å²) in [5.41, 5.74) is 0. The fourth-order valence-electron chi connectivity index (χ4n) is 0.726. The first kappa shape index (κ1) is 11.2. The van der Waals surface area contributed by atoms with E-state index < -0.39 is 24.6 Å². The van der Waals surface area contributed by atoms with Gasteiger partial charge in [0.2, 0.25) is 6.29 Å². The van der Waals surface area contributed by atoms with Crippen molar-refractivity contribution in [3.63, 3.8) is 0 Å². The first-order valence-corrected chi connectivity index (χ1v) is 3.09. The molecule has 0 aromatic carbocycles. The van der Waals surface area contributed by atoms with Gasteiger partial charge in [0.25, 0.3) is 0 Å². The normalized spacial score (nSPS) is 12.1. The molecule has 0 atom stereocenters. The molecule has 0 saturated heterocycles. The number of hydrogen-bond acceptors (Lipinski definition) is 3. The fraction of sp³-hybridized carbons (Fsp3) is 0.833. The van der Waals surface area contributed by atoms with E-state index in [1.807, 2.05) is 0 Å². The number of carboxylic acid groups (broad SMARTS) is 1. The Morgan fingerprint density at radius 2 is 1.92 bits per heavy atom. The molecule has 0 rings (SSSR count). The van der Waals surface area contributed by atoms with Gasteiger partial charge in [-0.2, -0.15) is 0 Å². The number of alkyl halides is 2. The van der Waals surface area contributed by atoms with Crippen LogP contribution in [0.5, 0.6) is 0 Å². The van der Waals surface area contributed by atoms with Gasteiger partial charge in [-0.05, 0) is 0 Å². The van der Waals surface area contributed by atoms with Gasteiger partial charge >= 0.3 is 11.9 Å². The van der Waals surface area contributed by atoms with E-state index in [0.717, 1.165) is 14.2 Å². The van der Waals surface area contributed by atoms with Crippen LogP contribution in [0, 0.1) is 0 Å². The molecule has 0 aliphatic heterocycles. The van der Waals surface area contributed by atoms with Crippen LogP contribution >= 0.6 is 0 Å². The lowest BCUT2D eigenvalue weighted by Crippen LogP contribution is -2.38. The average Bonchev–Trinajstić information content (AvgIpc) is 1.85. The van der Waals surface area contributed by atoms with E-state index in [1.165, 1.54) is 0 Å². The van der Waals surface area contributed by atoms with Crippen molar-refractivity contribution < 1.29 is 28.2 Å². The molecule has 0 bridgehead atoms. The molecule has 0 fully saturated rings. The number of methoxy groups -OCH3 is 2. The molecule has 0 aliphatic rings. The van der Waals surface area contributed by atoms with E-state index in [0.29, 0.717) is 0 Å². The maximum atomic E-state index is 12.7. The van der Waals surface area contributed by atoms with Crippen molar-refractivity contribution in [3.8, 4) is 0 Å². The average molecular weight is 184 g/mol. The SMILES string of the molecule is COC(OC)C(F)(F)CC(=O)O. The highest BCUT2D eigenvalue weighted by atomic mass is 19.3. The highest BCUT2D eigenvalue weighted by Crippen LogP contribution is 2.25. The van der Waals surface area contributed by atoms with Crippen LogP contribution < -0.4 is 0 Å². The largest absolute Gasteiger partial charge is 0.481 e. The van der Waals surface area contributed by atoms with Gasteiger partial charge in [0.15, 0.2) is 0 Å². The Hall–Kier alpha value is -0.750. The summed E-state index contributed by atoms with van der Waals surface area (Å²) in [5.74, 6) is -5.10. The van der Waals surface area contributed by atoms with Crippen LogP contribution in [0.2, 0.25) is 0 Å². The molecule has 0 amide bonds. The predicted molar refractivity (Wildman–Crippen MR) is 35.0 cm³/mol. The second kappa shape index (κ2) is 4.32. The van der Waals surface area contributed by atoms with E-state index >= 15 is 0 Å². The van der Waals surface area contributed by atoms with Gasteiger partial charge < -0.3 is 14.6 Å². The summed E-state index contributed by atoms with van der Waals surface area (Å²) in [6, 6.07) is 0. The zero-order valence-electron chi connectivity index (χ0n) is 6.71. The zero-order valence-corrected chi connectivity index (χ0v) is 6.71. The molecule has 0 aromatic heterocycles. The lowest BCUT2D eigenvalue weighted by Gasteiger charge is -2.22. The molecule has 6 heteroatoms. The Bertz CT molecular complexity index is 156. The topological polar surface area (TPSA) is 55.8 Å². The Kier molecular flexibility index (Phi) is 4.05. The van der Waals surface area contributed by atoms with Gasteiger partial charge in [-0.1, -0.05) is 0 Å². The third-order valence-electron chi connectivity index (χ3n) is 1.16. The minimum absolute atomic E-state index is 1.02. The van der Waals surface area contributed by atoms with Gasteiger partial charge in [0, 0.05) is 14.2 Å². The van der Waals surface area contributed by atoms with Crippen molar-refractivity contribution in [3.05, 3.63) is 0 Å². The molecule has 0 heterocycles. The maximum Gasteiger partial charge on any atom is 0.309 e. The van der Waals surface area contributed by atoms with Gasteiger partial charge in [0.1, 0.15) is 6.42 Å². The summed E-state index contributed by atoms with van der Waals surface area (Å²) >= 11 is 0. The van der Waals surface area contributed by atoms with Crippen molar-refractivity contribution in [1.29, 1.82) is 0 Å². The summed E-state index contributed by atoms with van der Waals surface area (Å²) < 4.78 is 33.9. The molecule has 1 N–H and O–H groups in total. The zero-order chi connectivity index (χ0) is 9.78. The van der Waals surface area contributed by atoms with E-state index in [4.69, 9.17) is 5.11 Å². The highest BCUT2D eigenvalue weighted by Gasteiger charge is 2.42. The molecule has 0 radical (unpaired) electrons. The first-order valence-electron chi connectivity index (χ1n) is 3.09. The second-order valence-electron chi connectivity index (χ2n) is 2.13. The molecule has 0 aliphatic carbocycles. The van der Waals surface area contributed by atoms with E-state index in [-0.39, 0.29) is 0 Å². The third-order valence-corrected chi connectivity index (χ3v) is 1.16. The fourth-order valence-corrected chi connectivity index (χ4v) is 0.726. The minimum atomic E-state index is -3.50. The summed E-state index contributed by atoms with van der Waals surface area (Å²) in [6.45, 7) is 0. The van der Waals surface area contributed by atoms with Crippen molar-refractivity contribution in [1.82, 2.24) is 0 Å². The molecule has 0 unspecified atom stereocenters. The number of rotatable bonds is 5. The monoisotopic (exact) mass is 184 g/mol. The van der Waals surface area contributed by atoms with Crippen LogP contribution in [0.1, 0.15) is 6.42 Å². The Morgan fingerprint density at radius 1 is 1.50 bits per heavy atom. The highest BCUT2D eigenvalue weighted by molar-refractivity contribution is 5.67. The van der Waals surface area contributed by atoms with Crippen LogP contribution in [0.15, 0.2) is 0 Å². The lowest BCUT2D eigenvalue weighted by atomic mass is 10.2. The first-order chi connectivity index (χ1) is 5.44. The Labute approximate surface area is 68.1 Å². The molecule has 72 valence electrons. The summed E-state index contributed by atoms with van der Waals surface area (Å²) in [6.07, 6.45) is -3.12. The van der Waals surface area contributed by atoms with Crippen LogP contribution in [-0.4, -0.2) is 37.5 Å². The molecule has 0 aromatic rings. The van der Waals surface area contributed by atoms with Crippen molar-refractivity contribution >= 4 is 5.97 Å². The summed E-state index contributed by atoms with van der Waals surface area (Å²) in [5, 5.41) is 8.10. The van der Waals surface area contributed by atoms with Crippen LogP contribution in [0.3, 0.4) is 0 Å². The number of halogens is 2.